The molecule has 0 spiro atoms. The summed E-state index contributed by atoms with van der Waals surface area (Å²) in [4.78, 5) is 29.4. The maximum atomic E-state index is 12.8. The SMILES string of the molecule is CS(=O)(=O)c1ccc2nc(NC(=O)c3ccc4c(c3)S(=O)(=O)N(C3CC3)C4=O)sc2c1. The quantitative estimate of drug-likeness (QED) is 0.610. The third-order valence-electron chi connectivity index (χ3n) is 5.10. The van der Waals surface area contributed by atoms with Crippen LogP contribution in [0.2, 0.25) is 0 Å². The number of hydrogen-bond acceptors (Lipinski definition) is 8. The monoisotopic (exact) mass is 477 g/mol. The molecular formula is C19H15N3O6S3. The van der Waals surface area contributed by atoms with E-state index in [4.69, 9.17) is 0 Å². The van der Waals surface area contributed by atoms with E-state index in [-0.39, 0.29) is 32.1 Å². The van der Waals surface area contributed by atoms with E-state index in [0.717, 1.165) is 21.9 Å². The van der Waals surface area contributed by atoms with E-state index in [9.17, 15) is 26.4 Å². The Bertz CT molecular complexity index is 1500. The first-order valence-electron chi connectivity index (χ1n) is 9.20. The molecule has 2 aromatic carbocycles. The van der Waals surface area contributed by atoms with Gasteiger partial charge in [-0.3, -0.25) is 14.9 Å². The summed E-state index contributed by atoms with van der Waals surface area (Å²) in [6.45, 7) is 0. The van der Waals surface area contributed by atoms with Crippen LogP contribution in [0.15, 0.2) is 46.2 Å². The van der Waals surface area contributed by atoms with Crippen LogP contribution in [0, 0.1) is 0 Å². The van der Waals surface area contributed by atoms with Crippen LogP contribution >= 0.6 is 11.3 Å². The Morgan fingerprint density at radius 2 is 1.94 bits per heavy atom. The van der Waals surface area contributed by atoms with Crippen LogP contribution < -0.4 is 5.32 Å². The lowest BCUT2D eigenvalue weighted by Crippen LogP contribution is -2.31. The minimum absolute atomic E-state index is 0.0664. The molecule has 1 fully saturated rings. The fourth-order valence-corrected chi connectivity index (χ4v) is 6.88. The normalized spacial score (nSPS) is 17.7. The van der Waals surface area contributed by atoms with E-state index in [0.29, 0.717) is 23.1 Å². The van der Waals surface area contributed by atoms with E-state index in [1.54, 1.807) is 6.07 Å². The van der Waals surface area contributed by atoms with E-state index in [1.165, 1.54) is 30.3 Å². The number of amides is 2. The summed E-state index contributed by atoms with van der Waals surface area (Å²) in [6.07, 6.45) is 2.39. The van der Waals surface area contributed by atoms with Crippen molar-refractivity contribution in [3.8, 4) is 0 Å². The molecule has 0 radical (unpaired) electrons. The summed E-state index contributed by atoms with van der Waals surface area (Å²) in [5.41, 5.74) is 0.662. The number of anilines is 1. The van der Waals surface area contributed by atoms with Crippen molar-refractivity contribution in [1.29, 1.82) is 0 Å². The number of sulfone groups is 1. The van der Waals surface area contributed by atoms with Gasteiger partial charge in [-0.1, -0.05) is 11.3 Å². The summed E-state index contributed by atoms with van der Waals surface area (Å²) < 4.78 is 50.4. The summed E-state index contributed by atoms with van der Waals surface area (Å²) in [5, 5.41) is 2.85. The fourth-order valence-electron chi connectivity index (χ4n) is 3.42. The molecule has 0 unspecified atom stereocenters. The molecule has 1 aromatic heterocycles. The number of benzene rings is 2. The van der Waals surface area contributed by atoms with E-state index in [2.05, 4.69) is 10.3 Å². The number of rotatable bonds is 4. The molecule has 1 saturated carbocycles. The summed E-state index contributed by atoms with van der Waals surface area (Å²) in [5.74, 6) is -1.14. The van der Waals surface area contributed by atoms with Gasteiger partial charge in [0.1, 0.15) is 4.90 Å². The zero-order valence-electron chi connectivity index (χ0n) is 16.0. The van der Waals surface area contributed by atoms with E-state index >= 15 is 0 Å². The van der Waals surface area contributed by atoms with Crippen molar-refractivity contribution in [1.82, 2.24) is 9.29 Å². The number of sulfonamides is 1. The van der Waals surface area contributed by atoms with Crippen LogP contribution in [0.25, 0.3) is 10.2 Å². The highest BCUT2D eigenvalue weighted by Gasteiger charge is 2.48. The lowest BCUT2D eigenvalue weighted by molar-refractivity contribution is 0.0864. The zero-order chi connectivity index (χ0) is 22.1. The molecule has 2 amide bonds. The average Bonchev–Trinajstić information content (AvgIpc) is 3.39. The third kappa shape index (κ3) is 3.30. The average molecular weight is 478 g/mol. The van der Waals surface area contributed by atoms with Gasteiger partial charge in [-0.25, -0.2) is 26.1 Å². The van der Waals surface area contributed by atoms with Crippen LogP contribution in [0.5, 0.6) is 0 Å². The van der Waals surface area contributed by atoms with Crippen LogP contribution in [0.3, 0.4) is 0 Å². The Morgan fingerprint density at radius 3 is 2.61 bits per heavy atom. The van der Waals surface area contributed by atoms with Gasteiger partial charge < -0.3 is 0 Å². The highest BCUT2D eigenvalue weighted by molar-refractivity contribution is 7.90. The fraction of sp³-hybridized carbons (Fsp3) is 0.211. The first kappa shape index (κ1) is 20.1. The second-order valence-electron chi connectivity index (χ2n) is 7.42. The number of nitrogens with zero attached hydrogens (tertiary/aromatic N) is 2. The molecular weight excluding hydrogens is 462 g/mol. The number of carbonyl (C=O) groups excluding carboxylic acids is 2. The molecule has 160 valence electrons. The molecule has 1 N–H and O–H groups in total. The van der Waals surface area contributed by atoms with Gasteiger partial charge in [-0.05, 0) is 49.2 Å². The Hall–Kier alpha value is -2.83. The minimum Gasteiger partial charge on any atom is -0.298 e. The number of nitrogens with one attached hydrogen (secondary N) is 1. The number of thiazole rings is 1. The molecule has 1 aliphatic heterocycles. The van der Waals surface area contributed by atoms with Crippen molar-refractivity contribution in [3.63, 3.8) is 0 Å². The van der Waals surface area contributed by atoms with Gasteiger partial charge in [0.15, 0.2) is 15.0 Å². The lowest BCUT2D eigenvalue weighted by Gasteiger charge is -2.13. The van der Waals surface area contributed by atoms with Crippen molar-refractivity contribution in [2.75, 3.05) is 11.6 Å². The van der Waals surface area contributed by atoms with Crippen molar-refractivity contribution in [2.45, 2.75) is 28.7 Å². The van der Waals surface area contributed by atoms with Gasteiger partial charge in [0.2, 0.25) is 0 Å². The molecule has 5 rings (SSSR count). The zero-order valence-corrected chi connectivity index (χ0v) is 18.5. The molecule has 0 bridgehead atoms. The third-order valence-corrected chi connectivity index (χ3v) is 9.02. The van der Waals surface area contributed by atoms with Crippen LogP contribution in [-0.4, -0.2) is 50.2 Å². The Kier molecular flexibility index (Phi) is 4.27. The summed E-state index contributed by atoms with van der Waals surface area (Å²) in [6, 6.07) is 8.13. The number of aromatic nitrogens is 1. The van der Waals surface area contributed by atoms with Gasteiger partial charge in [0, 0.05) is 17.9 Å². The Labute approximate surface area is 181 Å². The Balaban J connectivity index is 1.45. The van der Waals surface area contributed by atoms with Crippen molar-refractivity contribution in [3.05, 3.63) is 47.5 Å². The predicted octanol–water partition coefficient (Wildman–Crippen LogP) is 2.26. The van der Waals surface area contributed by atoms with Crippen LogP contribution in [-0.2, 0) is 19.9 Å². The molecule has 2 heterocycles. The van der Waals surface area contributed by atoms with Gasteiger partial charge in [0.05, 0.1) is 20.7 Å². The van der Waals surface area contributed by atoms with Crippen LogP contribution in [0.4, 0.5) is 5.13 Å². The summed E-state index contributed by atoms with van der Waals surface area (Å²) in [7, 11) is -7.34. The van der Waals surface area contributed by atoms with Gasteiger partial charge >= 0.3 is 0 Å². The molecule has 3 aromatic rings. The maximum absolute atomic E-state index is 12.8. The lowest BCUT2D eigenvalue weighted by atomic mass is 10.1. The molecule has 12 heteroatoms. The number of carbonyl (C=O) groups is 2. The second kappa shape index (κ2) is 6.58. The number of hydrogen-bond donors (Lipinski definition) is 1. The second-order valence-corrected chi connectivity index (χ2v) is 12.3. The molecule has 31 heavy (non-hydrogen) atoms. The molecule has 2 aliphatic rings. The summed E-state index contributed by atoms with van der Waals surface area (Å²) >= 11 is 1.10. The maximum Gasteiger partial charge on any atom is 0.269 e. The van der Waals surface area contributed by atoms with Gasteiger partial charge in [-0.2, -0.15) is 0 Å². The molecule has 9 nitrogen and oxygen atoms in total. The van der Waals surface area contributed by atoms with Crippen molar-refractivity contribution in [2.24, 2.45) is 0 Å². The first-order chi connectivity index (χ1) is 14.6. The molecule has 0 atom stereocenters. The highest BCUT2D eigenvalue weighted by Crippen LogP contribution is 2.39. The largest absolute Gasteiger partial charge is 0.298 e. The van der Waals surface area contributed by atoms with E-state index in [1.807, 2.05) is 0 Å². The topological polar surface area (TPSA) is 131 Å². The van der Waals surface area contributed by atoms with E-state index < -0.39 is 31.7 Å². The standard InChI is InChI=1S/C19H15N3O6S3/c1-30(25,26)12-5-7-14-15(9-12)29-19(20-14)21-17(23)10-2-6-13-16(8-10)31(27,28)22(18(13)24)11-3-4-11/h2,5-9,11H,3-4H2,1H3,(H,20,21,23). The molecule has 0 saturated heterocycles. The predicted molar refractivity (Wildman–Crippen MR) is 114 cm³/mol. The van der Waals surface area contributed by atoms with Crippen molar-refractivity contribution < 1.29 is 26.4 Å². The van der Waals surface area contributed by atoms with Gasteiger partial charge in [-0.15, -0.1) is 0 Å². The minimum atomic E-state index is -3.97. The number of fused-ring (bicyclic) bond motifs is 2. The smallest absolute Gasteiger partial charge is 0.269 e. The van der Waals surface area contributed by atoms with Crippen molar-refractivity contribution >= 4 is 58.4 Å². The van der Waals surface area contributed by atoms with Gasteiger partial charge in [0.25, 0.3) is 21.8 Å². The molecule has 1 aliphatic carbocycles. The van der Waals surface area contributed by atoms with Crippen LogP contribution in [0.1, 0.15) is 33.6 Å². The highest BCUT2D eigenvalue weighted by atomic mass is 32.2. The Morgan fingerprint density at radius 1 is 1.19 bits per heavy atom. The first-order valence-corrected chi connectivity index (χ1v) is 13.4.